The van der Waals surface area contributed by atoms with Crippen molar-refractivity contribution in [2.75, 3.05) is 0 Å². The second-order valence-corrected chi connectivity index (χ2v) is 7.08. The lowest BCUT2D eigenvalue weighted by molar-refractivity contribution is 0.426. The van der Waals surface area contributed by atoms with E-state index in [4.69, 9.17) is 4.42 Å². The van der Waals surface area contributed by atoms with E-state index in [1.54, 1.807) is 6.07 Å². The Morgan fingerprint density at radius 3 is 2.81 bits per heavy atom. The van der Waals surface area contributed by atoms with E-state index in [9.17, 15) is 15.0 Å². The molecule has 6 nitrogen and oxygen atoms in total. The third-order valence-corrected chi connectivity index (χ3v) is 5.04. The Hall–Kier alpha value is -2.50. The molecule has 0 saturated carbocycles. The van der Waals surface area contributed by atoms with Gasteiger partial charge >= 0.3 is 5.76 Å². The van der Waals surface area contributed by atoms with E-state index in [-0.39, 0.29) is 23.3 Å². The molecule has 3 N–H and O–H groups in total. The molecular weight excluding hydrogens is 332 g/mol. The van der Waals surface area contributed by atoms with E-state index in [0.717, 1.165) is 44.1 Å². The van der Waals surface area contributed by atoms with E-state index in [1.807, 2.05) is 0 Å². The highest BCUT2D eigenvalue weighted by Gasteiger charge is 2.27. The van der Waals surface area contributed by atoms with Crippen LogP contribution in [0, 0.1) is 0 Å². The quantitative estimate of drug-likeness (QED) is 0.525. The van der Waals surface area contributed by atoms with Crippen molar-refractivity contribution in [1.82, 2.24) is 10.2 Å². The van der Waals surface area contributed by atoms with Crippen molar-refractivity contribution in [3.63, 3.8) is 0 Å². The predicted octanol–water partition coefficient (Wildman–Crippen LogP) is 4.39. The van der Waals surface area contributed by atoms with Crippen LogP contribution in [0.4, 0.5) is 0 Å². The molecular formula is C20H26N2O4. The number of unbranched alkanes of at least 4 members (excludes halogenated alkanes) is 2. The van der Waals surface area contributed by atoms with Crippen molar-refractivity contribution in [2.24, 2.45) is 0 Å². The molecule has 140 valence electrons. The number of H-pyrrole nitrogens is 1. The lowest BCUT2D eigenvalue weighted by atomic mass is 9.83. The van der Waals surface area contributed by atoms with E-state index in [2.05, 4.69) is 30.1 Å². The van der Waals surface area contributed by atoms with Gasteiger partial charge < -0.3 is 14.6 Å². The van der Waals surface area contributed by atoms with E-state index in [0.29, 0.717) is 17.5 Å². The number of allylic oxidation sites excluding steroid dienone is 2. The third kappa shape index (κ3) is 3.69. The first-order valence-electron chi connectivity index (χ1n) is 9.32. The number of phenolic OH excluding ortho intramolecular Hbond substituents is 2. The molecule has 1 aromatic carbocycles. The van der Waals surface area contributed by atoms with Crippen LogP contribution in [-0.4, -0.2) is 20.4 Å². The van der Waals surface area contributed by atoms with Crippen molar-refractivity contribution in [2.45, 2.75) is 64.7 Å². The van der Waals surface area contributed by atoms with Crippen LogP contribution in [0.1, 0.15) is 69.4 Å². The summed E-state index contributed by atoms with van der Waals surface area (Å²) in [5.41, 5.74) is 2.89. The van der Waals surface area contributed by atoms with Gasteiger partial charge in [0.1, 0.15) is 11.5 Å². The van der Waals surface area contributed by atoms with E-state index < -0.39 is 5.76 Å². The Bertz CT molecular complexity index is 863. The highest BCUT2D eigenvalue weighted by Crippen LogP contribution is 2.46. The first-order chi connectivity index (χ1) is 12.5. The number of aromatic amines is 1. The van der Waals surface area contributed by atoms with Gasteiger partial charge in [-0.3, -0.25) is 0 Å². The van der Waals surface area contributed by atoms with Crippen LogP contribution in [0.5, 0.6) is 11.5 Å². The summed E-state index contributed by atoms with van der Waals surface area (Å²) >= 11 is 0. The number of aromatic nitrogens is 2. The van der Waals surface area contributed by atoms with Gasteiger partial charge in [-0.25, -0.2) is 9.89 Å². The average Bonchev–Trinajstić information content (AvgIpc) is 3.01. The molecule has 0 bridgehead atoms. The smallest absolute Gasteiger partial charge is 0.434 e. The third-order valence-electron chi connectivity index (χ3n) is 5.04. The number of phenols is 2. The summed E-state index contributed by atoms with van der Waals surface area (Å²) in [5, 5.41) is 27.8. The summed E-state index contributed by atoms with van der Waals surface area (Å²) in [6, 6.07) is 1.69. The number of hydrogen-bond acceptors (Lipinski definition) is 5. The second-order valence-electron chi connectivity index (χ2n) is 7.08. The lowest BCUT2D eigenvalue weighted by Crippen LogP contribution is -2.05. The molecule has 26 heavy (non-hydrogen) atoms. The number of aryl methyl sites for hydroxylation is 1. The molecule has 1 aromatic heterocycles. The fourth-order valence-electron chi connectivity index (χ4n) is 3.77. The van der Waals surface area contributed by atoms with Gasteiger partial charge in [0.05, 0.1) is 5.56 Å². The first-order valence-corrected chi connectivity index (χ1v) is 9.32. The number of hydrogen-bond donors (Lipinski definition) is 3. The Kier molecular flexibility index (Phi) is 5.49. The molecule has 1 atom stereocenters. The zero-order valence-corrected chi connectivity index (χ0v) is 15.3. The number of benzene rings is 1. The molecule has 0 saturated heterocycles. The maximum absolute atomic E-state index is 11.4. The van der Waals surface area contributed by atoms with Crippen molar-refractivity contribution >= 4 is 0 Å². The SMILES string of the molecule is CCCCCc1cc(O)c(C2C=C(C)CCC2)c(O)c1-c1n[nH]c(=O)o1. The van der Waals surface area contributed by atoms with Gasteiger partial charge in [-0.1, -0.05) is 31.4 Å². The summed E-state index contributed by atoms with van der Waals surface area (Å²) in [6.45, 7) is 4.18. The molecule has 6 heteroatoms. The minimum absolute atomic E-state index is 0.0392. The highest BCUT2D eigenvalue weighted by molar-refractivity contribution is 5.72. The van der Waals surface area contributed by atoms with Gasteiger partial charge in [0, 0.05) is 11.5 Å². The normalized spacial score (nSPS) is 17.3. The topological polar surface area (TPSA) is 99.4 Å². The summed E-state index contributed by atoms with van der Waals surface area (Å²) < 4.78 is 5.12. The van der Waals surface area contributed by atoms with Crippen molar-refractivity contribution in [3.8, 4) is 23.0 Å². The van der Waals surface area contributed by atoms with Gasteiger partial charge in [0.25, 0.3) is 5.89 Å². The minimum Gasteiger partial charge on any atom is -0.507 e. The fourth-order valence-corrected chi connectivity index (χ4v) is 3.77. The molecule has 0 radical (unpaired) electrons. The molecule has 0 fully saturated rings. The maximum atomic E-state index is 11.4. The van der Waals surface area contributed by atoms with Crippen LogP contribution in [0.25, 0.3) is 11.5 Å². The average molecular weight is 358 g/mol. The predicted molar refractivity (Wildman–Crippen MR) is 99.5 cm³/mol. The standard InChI is InChI=1S/C20H26N2O4/c1-3-4-5-8-14-11-15(23)16(13-9-6-7-12(2)10-13)18(24)17(14)19-21-22-20(25)26-19/h10-11,13,23-24H,3-9H2,1-2H3,(H,22,25). The number of aromatic hydroxyl groups is 2. The maximum Gasteiger partial charge on any atom is 0.434 e. The van der Waals surface area contributed by atoms with Crippen LogP contribution in [0.2, 0.25) is 0 Å². The fraction of sp³-hybridized carbons (Fsp3) is 0.500. The summed E-state index contributed by atoms with van der Waals surface area (Å²) in [4.78, 5) is 11.4. The number of nitrogens with one attached hydrogen (secondary N) is 1. The first kappa shape index (κ1) is 18.3. The van der Waals surface area contributed by atoms with Gasteiger partial charge in [0.15, 0.2) is 0 Å². The van der Waals surface area contributed by atoms with Crippen molar-refractivity contribution in [1.29, 1.82) is 0 Å². The van der Waals surface area contributed by atoms with Crippen molar-refractivity contribution in [3.05, 3.63) is 39.4 Å². The minimum atomic E-state index is -0.665. The number of rotatable bonds is 6. The molecule has 3 rings (SSSR count). The Labute approximate surface area is 152 Å². The Balaban J connectivity index is 2.12. The molecule has 1 aliphatic carbocycles. The van der Waals surface area contributed by atoms with E-state index in [1.165, 1.54) is 5.57 Å². The Morgan fingerprint density at radius 2 is 2.15 bits per heavy atom. The summed E-state index contributed by atoms with van der Waals surface area (Å²) in [6.07, 6.45) is 8.69. The zero-order chi connectivity index (χ0) is 18.7. The summed E-state index contributed by atoms with van der Waals surface area (Å²) in [5.74, 6) is -0.606. The van der Waals surface area contributed by atoms with Crippen LogP contribution in [0.15, 0.2) is 26.9 Å². The second kappa shape index (κ2) is 7.81. The molecule has 0 aliphatic heterocycles. The van der Waals surface area contributed by atoms with Gasteiger partial charge in [-0.2, -0.15) is 0 Å². The molecule has 0 spiro atoms. The van der Waals surface area contributed by atoms with Gasteiger partial charge in [0.2, 0.25) is 0 Å². The summed E-state index contributed by atoms with van der Waals surface area (Å²) in [7, 11) is 0. The molecule has 1 unspecified atom stereocenters. The van der Waals surface area contributed by atoms with Crippen LogP contribution in [0.3, 0.4) is 0 Å². The molecule has 1 aliphatic rings. The van der Waals surface area contributed by atoms with Gasteiger partial charge in [-0.15, -0.1) is 5.10 Å². The van der Waals surface area contributed by atoms with Crippen LogP contribution in [-0.2, 0) is 6.42 Å². The molecule has 1 heterocycles. The van der Waals surface area contributed by atoms with E-state index >= 15 is 0 Å². The molecule has 0 amide bonds. The van der Waals surface area contributed by atoms with Crippen molar-refractivity contribution < 1.29 is 14.6 Å². The van der Waals surface area contributed by atoms with Crippen LogP contribution >= 0.6 is 0 Å². The highest BCUT2D eigenvalue weighted by atomic mass is 16.4. The number of nitrogens with zero attached hydrogens (tertiary/aromatic N) is 1. The Morgan fingerprint density at radius 1 is 1.35 bits per heavy atom. The lowest BCUT2D eigenvalue weighted by Gasteiger charge is -2.23. The largest absolute Gasteiger partial charge is 0.507 e. The zero-order valence-electron chi connectivity index (χ0n) is 15.3. The molecule has 2 aromatic rings. The van der Waals surface area contributed by atoms with Gasteiger partial charge in [-0.05, 0) is 50.7 Å². The monoisotopic (exact) mass is 358 g/mol. The van der Waals surface area contributed by atoms with Crippen LogP contribution < -0.4 is 5.76 Å².